The van der Waals surface area contributed by atoms with Crippen molar-refractivity contribution >= 4 is 17.5 Å². The molecule has 0 saturated carbocycles. The van der Waals surface area contributed by atoms with Crippen molar-refractivity contribution in [2.24, 2.45) is 0 Å². The van der Waals surface area contributed by atoms with E-state index in [1.807, 2.05) is 45.4 Å². The van der Waals surface area contributed by atoms with Gasteiger partial charge in [-0.2, -0.15) is 13.2 Å². The van der Waals surface area contributed by atoms with E-state index < -0.39 is 12.1 Å². The second-order valence-corrected chi connectivity index (χ2v) is 8.17. The van der Waals surface area contributed by atoms with Gasteiger partial charge in [0.1, 0.15) is 11.3 Å². The summed E-state index contributed by atoms with van der Waals surface area (Å²) < 4.78 is 35.6. The Kier molecular flexibility index (Phi) is 7.90. The topological polar surface area (TPSA) is 106 Å². The number of aromatic nitrogens is 5. The molecule has 9 nitrogen and oxygen atoms in total. The normalized spacial score (nSPS) is 14.7. The summed E-state index contributed by atoms with van der Waals surface area (Å²) >= 11 is 0. The number of hydrogen-bond donors (Lipinski definition) is 1. The van der Waals surface area contributed by atoms with Gasteiger partial charge in [-0.05, 0) is 44.2 Å². The fraction of sp³-hybridized carbons (Fsp3) is 0.500. The zero-order chi connectivity index (χ0) is 24.9. The Morgan fingerprint density at radius 1 is 1.21 bits per heavy atom. The number of halogens is 3. The standard InChI is InChI=1S/C20H26N6O.C2HF3O2/c1-3-4-7-16-13-26(23-22-16)17-8-11-24(12-9-17)20(27)18-14-25-10-5-6-15(2)19(25)21-18;3-2(4,5)1(6)7/h5-6,10,13-14,17H,3-4,7-9,11-12H2,1-2H3;(H,6,7). The molecule has 0 spiro atoms. The van der Waals surface area contributed by atoms with Crippen molar-refractivity contribution in [2.75, 3.05) is 13.1 Å². The van der Waals surface area contributed by atoms with Gasteiger partial charge < -0.3 is 14.4 Å². The number of likely N-dealkylation sites (tertiary alicyclic amines) is 1. The first kappa shape index (κ1) is 25.2. The highest BCUT2D eigenvalue weighted by Gasteiger charge is 2.38. The number of amides is 1. The molecule has 0 aromatic carbocycles. The van der Waals surface area contributed by atoms with E-state index in [0.717, 1.165) is 62.1 Å². The maximum Gasteiger partial charge on any atom is 0.490 e. The summed E-state index contributed by atoms with van der Waals surface area (Å²) in [5.74, 6) is -2.74. The number of piperidine rings is 1. The van der Waals surface area contributed by atoms with Gasteiger partial charge in [0.25, 0.3) is 5.91 Å². The fourth-order valence-corrected chi connectivity index (χ4v) is 3.72. The van der Waals surface area contributed by atoms with Gasteiger partial charge in [0, 0.05) is 31.7 Å². The van der Waals surface area contributed by atoms with E-state index in [1.54, 1.807) is 0 Å². The largest absolute Gasteiger partial charge is 0.490 e. The molecule has 4 heterocycles. The van der Waals surface area contributed by atoms with Crippen molar-refractivity contribution in [3.63, 3.8) is 0 Å². The molecule has 3 aromatic heterocycles. The molecule has 1 N–H and O–H groups in total. The fourth-order valence-electron chi connectivity index (χ4n) is 3.72. The molecule has 0 unspecified atom stereocenters. The van der Waals surface area contributed by atoms with Crippen LogP contribution in [-0.2, 0) is 11.2 Å². The van der Waals surface area contributed by atoms with Crippen LogP contribution in [0.4, 0.5) is 13.2 Å². The Morgan fingerprint density at radius 3 is 2.47 bits per heavy atom. The van der Waals surface area contributed by atoms with Crippen LogP contribution >= 0.6 is 0 Å². The number of carboxylic acids is 1. The van der Waals surface area contributed by atoms with Gasteiger partial charge in [0.2, 0.25) is 0 Å². The summed E-state index contributed by atoms with van der Waals surface area (Å²) in [5.41, 5.74) is 3.50. The van der Waals surface area contributed by atoms with E-state index in [4.69, 9.17) is 9.90 Å². The van der Waals surface area contributed by atoms with Gasteiger partial charge in [-0.25, -0.2) is 14.5 Å². The molecule has 184 valence electrons. The zero-order valence-electron chi connectivity index (χ0n) is 19.0. The number of alkyl halides is 3. The number of fused-ring (bicyclic) bond motifs is 1. The molecule has 34 heavy (non-hydrogen) atoms. The highest BCUT2D eigenvalue weighted by Crippen LogP contribution is 2.23. The van der Waals surface area contributed by atoms with Crippen LogP contribution in [0, 0.1) is 6.92 Å². The lowest BCUT2D eigenvalue weighted by atomic mass is 10.0. The second kappa shape index (κ2) is 10.7. The van der Waals surface area contributed by atoms with Crippen LogP contribution in [0.3, 0.4) is 0 Å². The summed E-state index contributed by atoms with van der Waals surface area (Å²) in [6.45, 7) is 5.64. The number of hydrogen-bond acceptors (Lipinski definition) is 5. The molecule has 1 saturated heterocycles. The van der Waals surface area contributed by atoms with Crippen LogP contribution in [0.2, 0.25) is 0 Å². The van der Waals surface area contributed by atoms with Crippen LogP contribution in [-0.4, -0.2) is 65.5 Å². The smallest absolute Gasteiger partial charge is 0.475 e. The molecule has 0 aliphatic carbocycles. The Bertz CT molecular complexity index is 1130. The third-order valence-corrected chi connectivity index (χ3v) is 5.61. The number of carbonyl (C=O) groups is 2. The first-order valence-electron chi connectivity index (χ1n) is 11.0. The first-order valence-corrected chi connectivity index (χ1v) is 11.0. The molecule has 0 atom stereocenters. The van der Waals surface area contributed by atoms with Gasteiger partial charge in [-0.3, -0.25) is 4.79 Å². The summed E-state index contributed by atoms with van der Waals surface area (Å²) in [4.78, 5) is 28.2. The monoisotopic (exact) mass is 480 g/mol. The average Bonchev–Trinajstić information content (AvgIpc) is 3.45. The van der Waals surface area contributed by atoms with Gasteiger partial charge >= 0.3 is 12.1 Å². The molecule has 1 aliphatic heterocycles. The summed E-state index contributed by atoms with van der Waals surface area (Å²) in [5, 5.41) is 15.7. The summed E-state index contributed by atoms with van der Waals surface area (Å²) in [6, 6.07) is 4.30. The van der Waals surface area contributed by atoms with E-state index in [9.17, 15) is 18.0 Å². The van der Waals surface area contributed by atoms with Crippen LogP contribution < -0.4 is 0 Å². The van der Waals surface area contributed by atoms with Crippen LogP contribution in [0.15, 0.2) is 30.7 Å². The number of rotatable bonds is 5. The Hall–Kier alpha value is -3.44. The van der Waals surface area contributed by atoms with Gasteiger partial charge in [-0.1, -0.05) is 24.6 Å². The SMILES string of the molecule is CCCCc1cn(C2CCN(C(=O)c3cn4cccc(C)c4n3)CC2)nn1.O=C(O)C(F)(F)F. The lowest BCUT2D eigenvalue weighted by Crippen LogP contribution is -2.39. The zero-order valence-corrected chi connectivity index (χ0v) is 19.0. The van der Waals surface area contributed by atoms with E-state index in [-0.39, 0.29) is 5.91 Å². The number of carbonyl (C=O) groups excluding carboxylic acids is 1. The average molecular weight is 480 g/mol. The molecule has 1 amide bonds. The first-order chi connectivity index (χ1) is 16.1. The minimum atomic E-state index is -5.08. The van der Waals surface area contributed by atoms with Gasteiger partial charge in [0.15, 0.2) is 0 Å². The van der Waals surface area contributed by atoms with Crippen molar-refractivity contribution in [1.29, 1.82) is 0 Å². The molecule has 12 heteroatoms. The van der Waals surface area contributed by atoms with E-state index in [0.29, 0.717) is 11.7 Å². The van der Waals surface area contributed by atoms with Crippen molar-refractivity contribution in [2.45, 2.75) is 58.2 Å². The number of carboxylic acid groups (broad SMARTS) is 1. The third-order valence-electron chi connectivity index (χ3n) is 5.61. The number of imidazole rings is 1. The number of nitrogens with zero attached hydrogens (tertiary/aromatic N) is 6. The Morgan fingerprint density at radius 2 is 1.88 bits per heavy atom. The Balaban J connectivity index is 0.000000406. The lowest BCUT2D eigenvalue weighted by molar-refractivity contribution is -0.192. The lowest BCUT2D eigenvalue weighted by Gasteiger charge is -2.31. The molecule has 1 fully saturated rings. The van der Waals surface area contributed by atoms with Gasteiger partial charge in [-0.15, -0.1) is 5.10 Å². The van der Waals surface area contributed by atoms with E-state index >= 15 is 0 Å². The van der Waals surface area contributed by atoms with Crippen molar-refractivity contribution in [3.05, 3.63) is 47.7 Å². The predicted molar refractivity (Wildman–Crippen MR) is 116 cm³/mol. The molecule has 3 aromatic rings. The number of aryl methyl sites for hydroxylation is 2. The number of aliphatic carboxylic acids is 1. The minimum absolute atomic E-state index is 0.0128. The third kappa shape index (κ3) is 6.12. The molecular weight excluding hydrogens is 453 g/mol. The van der Waals surface area contributed by atoms with E-state index in [1.165, 1.54) is 0 Å². The van der Waals surface area contributed by atoms with Crippen molar-refractivity contribution < 1.29 is 27.9 Å². The number of unbranched alkanes of at least 4 members (excludes halogenated alkanes) is 1. The van der Waals surface area contributed by atoms with Crippen molar-refractivity contribution in [1.82, 2.24) is 29.3 Å². The highest BCUT2D eigenvalue weighted by molar-refractivity contribution is 5.93. The molecule has 4 rings (SSSR count). The summed E-state index contributed by atoms with van der Waals surface area (Å²) in [7, 11) is 0. The summed E-state index contributed by atoms with van der Waals surface area (Å²) in [6.07, 6.45) is 5.83. The quantitative estimate of drug-likeness (QED) is 0.597. The minimum Gasteiger partial charge on any atom is -0.475 e. The molecule has 0 bridgehead atoms. The maximum absolute atomic E-state index is 12.9. The predicted octanol–water partition coefficient (Wildman–Crippen LogP) is 3.69. The van der Waals surface area contributed by atoms with Crippen LogP contribution in [0.1, 0.15) is 60.4 Å². The highest BCUT2D eigenvalue weighted by atomic mass is 19.4. The van der Waals surface area contributed by atoms with Crippen LogP contribution in [0.5, 0.6) is 0 Å². The Labute approximate surface area is 194 Å². The van der Waals surface area contributed by atoms with Gasteiger partial charge in [0.05, 0.1) is 11.7 Å². The van der Waals surface area contributed by atoms with E-state index in [2.05, 4.69) is 28.4 Å². The molecule has 1 aliphatic rings. The molecule has 0 radical (unpaired) electrons. The number of pyridine rings is 1. The second-order valence-electron chi connectivity index (χ2n) is 8.17. The van der Waals surface area contributed by atoms with Crippen molar-refractivity contribution in [3.8, 4) is 0 Å². The molecular formula is C22H27F3N6O3. The van der Waals surface area contributed by atoms with Crippen LogP contribution in [0.25, 0.3) is 5.65 Å². The maximum atomic E-state index is 12.9.